The number of hydrogen-bond donors (Lipinski definition) is 1. The van der Waals surface area contributed by atoms with Crippen molar-refractivity contribution in [1.82, 2.24) is 0 Å². The number of fused-ring (bicyclic) bond motifs is 1. The van der Waals surface area contributed by atoms with E-state index in [1.807, 2.05) is 6.07 Å². The van der Waals surface area contributed by atoms with Crippen LogP contribution in [-0.4, -0.2) is 11.1 Å². The van der Waals surface area contributed by atoms with Gasteiger partial charge in [-0.25, -0.2) is 4.79 Å². The molecule has 5 aliphatic carbocycles. The Balaban J connectivity index is 0.000000127. The summed E-state index contributed by atoms with van der Waals surface area (Å²) in [6, 6.07) is 5.63. The van der Waals surface area contributed by atoms with Crippen LogP contribution in [0.25, 0.3) is 0 Å². The molecule has 24 heavy (non-hydrogen) atoms. The van der Waals surface area contributed by atoms with Crippen LogP contribution in [0.15, 0.2) is 18.2 Å². The Morgan fingerprint density at radius 3 is 1.88 bits per heavy atom. The molecule has 0 saturated heterocycles. The predicted molar refractivity (Wildman–Crippen MR) is 96.3 cm³/mol. The third-order valence-electron chi connectivity index (χ3n) is 6.88. The number of carboxylic acid groups (broad SMARTS) is 1. The number of hydrogen-bond acceptors (Lipinski definition) is 1. The Labute approximate surface area is 145 Å². The minimum Gasteiger partial charge on any atom is -0.478 e. The van der Waals surface area contributed by atoms with Gasteiger partial charge in [0.2, 0.25) is 0 Å². The van der Waals surface area contributed by atoms with Crippen molar-refractivity contribution in [3.63, 3.8) is 0 Å². The molecule has 5 aliphatic rings. The number of carbonyl (C=O) groups is 1. The second-order valence-corrected chi connectivity index (χ2v) is 8.69. The summed E-state index contributed by atoms with van der Waals surface area (Å²) in [6.07, 6.45) is 15.1. The maximum absolute atomic E-state index is 11.0. The molecular weight excluding hydrogens is 296 g/mol. The first-order chi connectivity index (χ1) is 11.7. The van der Waals surface area contributed by atoms with Crippen molar-refractivity contribution in [1.29, 1.82) is 0 Å². The Kier molecular flexibility index (Phi) is 4.65. The second kappa shape index (κ2) is 6.90. The van der Waals surface area contributed by atoms with Crippen LogP contribution >= 0.6 is 0 Å². The molecule has 0 amide bonds. The summed E-state index contributed by atoms with van der Waals surface area (Å²) in [5.74, 6) is 3.92. The molecule has 6 rings (SSSR count). The van der Waals surface area contributed by atoms with E-state index < -0.39 is 5.97 Å². The molecule has 4 saturated carbocycles. The van der Waals surface area contributed by atoms with Crippen molar-refractivity contribution in [2.24, 2.45) is 23.7 Å². The highest BCUT2D eigenvalue weighted by atomic mass is 16.4. The summed E-state index contributed by atoms with van der Waals surface area (Å²) in [5.41, 5.74) is 2.81. The summed E-state index contributed by atoms with van der Waals surface area (Å²) in [5, 5.41) is 9.03. The van der Waals surface area contributed by atoms with E-state index in [0.29, 0.717) is 5.56 Å². The van der Waals surface area contributed by atoms with Gasteiger partial charge in [-0.05, 0) is 105 Å². The van der Waals surface area contributed by atoms with Gasteiger partial charge in [0.1, 0.15) is 0 Å². The first kappa shape index (κ1) is 16.2. The minimum absolute atomic E-state index is 0.504. The van der Waals surface area contributed by atoms with E-state index in [1.54, 1.807) is 44.6 Å². The zero-order valence-electron chi connectivity index (χ0n) is 14.7. The number of aryl methyl sites for hydroxylation is 1. The largest absolute Gasteiger partial charge is 0.478 e. The number of rotatable bonds is 1. The summed E-state index contributed by atoms with van der Waals surface area (Å²) in [7, 11) is 0. The average molecular weight is 326 g/mol. The summed E-state index contributed by atoms with van der Waals surface area (Å²) < 4.78 is 0. The van der Waals surface area contributed by atoms with Gasteiger partial charge in [0, 0.05) is 0 Å². The lowest BCUT2D eigenvalue weighted by Gasteiger charge is -2.49. The van der Waals surface area contributed by atoms with Crippen molar-refractivity contribution in [2.75, 3.05) is 0 Å². The molecule has 1 N–H and O–H groups in total. The lowest BCUT2D eigenvalue weighted by atomic mass is 9.56. The van der Waals surface area contributed by atoms with Crippen LogP contribution in [0.4, 0.5) is 0 Å². The third-order valence-corrected chi connectivity index (χ3v) is 6.88. The second-order valence-electron chi connectivity index (χ2n) is 8.69. The fourth-order valence-electron chi connectivity index (χ4n) is 6.14. The fraction of sp³-hybridized carbons (Fsp3) is 0.682. The maximum atomic E-state index is 11.0. The van der Waals surface area contributed by atoms with E-state index in [2.05, 4.69) is 6.07 Å². The first-order valence-electron chi connectivity index (χ1n) is 10.0. The molecule has 0 heterocycles. The van der Waals surface area contributed by atoms with Gasteiger partial charge in [0.15, 0.2) is 0 Å². The molecule has 2 heteroatoms. The van der Waals surface area contributed by atoms with Gasteiger partial charge < -0.3 is 5.11 Å². The van der Waals surface area contributed by atoms with Crippen molar-refractivity contribution < 1.29 is 9.90 Å². The zero-order valence-corrected chi connectivity index (χ0v) is 14.7. The molecule has 0 aliphatic heterocycles. The normalized spacial score (nSPS) is 33.2. The van der Waals surface area contributed by atoms with Crippen LogP contribution in [0, 0.1) is 23.7 Å². The van der Waals surface area contributed by atoms with Gasteiger partial charge in [-0.15, -0.1) is 0 Å². The Bertz CT molecular complexity index is 547. The zero-order chi connectivity index (χ0) is 16.5. The lowest BCUT2D eigenvalue weighted by Crippen LogP contribution is -2.38. The first-order valence-corrected chi connectivity index (χ1v) is 10.0. The lowest BCUT2D eigenvalue weighted by molar-refractivity contribution is 0.0198. The summed E-state index contributed by atoms with van der Waals surface area (Å²) in [4.78, 5) is 11.0. The van der Waals surface area contributed by atoms with Crippen LogP contribution in [0.5, 0.6) is 0 Å². The van der Waals surface area contributed by atoms with Crippen molar-refractivity contribution in [3.8, 4) is 0 Å². The highest BCUT2D eigenvalue weighted by molar-refractivity contribution is 5.89. The molecule has 0 aromatic heterocycles. The van der Waals surface area contributed by atoms with E-state index in [-0.39, 0.29) is 0 Å². The fourth-order valence-corrected chi connectivity index (χ4v) is 6.14. The van der Waals surface area contributed by atoms with Gasteiger partial charge >= 0.3 is 5.97 Å². The van der Waals surface area contributed by atoms with E-state index in [4.69, 9.17) is 5.11 Å². The standard InChI is InChI=1S/C12H14O2.C10H16/c13-12(14)11-8-4-6-9-5-2-1-3-7-10(9)11;1-7-2-9-4-8(1)5-10(3-7)6-9/h4,6,8H,1-3,5,7H2,(H,13,14);7-10H,1-6H2. The molecule has 0 spiro atoms. The molecule has 130 valence electrons. The SMILES string of the molecule is C1C2CC3CC1CC(C2)C3.O=C(O)c1cccc2c1CCCCC2. The Hall–Kier alpha value is -1.31. The average Bonchev–Trinajstić information content (AvgIpc) is 2.79. The van der Waals surface area contributed by atoms with Crippen molar-refractivity contribution in [2.45, 2.75) is 70.6 Å². The molecule has 0 radical (unpaired) electrons. The molecule has 2 nitrogen and oxygen atoms in total. The maximum Gasteiger partial charge on any atom is 0.335 e. The van der Waals surface area contributed by atoms with E-state index in [9.17, 15) is 4.79 Å². The highest BCUT2D eigenvalue weighted by Crippen LogP contribution is 2.53. The summed E-state index contributed by atoms with van der Waals surface area (Å²) in [6.45, 7) is 0. The quantitative estimate of drug-likeness (QED) is 0.693. The number of aromatic carboxylic acids is 1. The molecule has 1 aromatic rings. The Morgan fingerprint density at radius 1 is 0.792 bits per heavy atom. The van der Waals surface area contributed by atoms with Crippen molar-refractivity contribution >= 4 is 5.97 Å². The Morgan fingerprint density at radius 2 is 1.33 bits per heavy atom. The van der Waals surface area contributed by atoms with E-state index in [0.717, 1.165) is 24.8 Å². The summed E-state index contributed by atoms with van der Waals surface area (Å²) >= 11 is 0. The minimum atomic E-state index is -0.788. The van der Waals surface area contributed by atoms with E-state index >= 15 is 0 Å². The van der Waals surface area contributed by atoms with Crippen LogP contribution in [0.3, 0.4) is 0 Å². The van der Waals surface area contributed by atoms with Gasteiger partial charge in [-0.3, -0.25) is 0 Å². The molecule has 0 atom stereocenters. The molecule has 4 fully saturated rings. The molecule has 1 aromatic carbocycles. The van der Waals surface area contributed by atoms with Gasteiger partial charge in [-0.2, -0.15) is 0 Å². The van der Waals surface area contributed by atoms with Gasteiger partial charge in [-0.1, -0.05) is 18.6 Å². The molecule has 0 unspecified atom stereocenters. The highest BCUT2D eigenvalue weighted by Gasteiger charge is 2.41. The number of carboxylic acids is 1. The van der Waals surface area contributed by atoms with E-state index in [1.165, 1.54) is 42.1 Å². The molecular formula is C22H30O2. The molecule has 4 bridgehead atoms. The van der Waals surface area contributed by atoms with Crippen LogP contribution in [-0.2, 0) is 12.8 Å². The monoisotopic (exact) mass is 326 g/mol. The van der Waals surface area contributed by atoms with Crippen LogP contribution in [0.1, 0.15) is 79.3 Å². The third kappa shape index (κ3) is 3.38. The van der Waals surface area contributed by atoms with Crippen LogP contribution < -0.4 is 0 Å². The van der Waals surface area contributed by atoms with Gasteiger partial charge in [0.05, 0.1) is 5.56 Å². The number of benzene rings is 1. The van der Waals surface area contributed by atoms with Crippen molar-refractivity contribution in [3.05, 3.63) is 34.9 Å². The smallest absolute Gasteiger partial charge is 0.335 e. The predicted octanol–water partition coefficient (Wildman–Crippen LogP) is 5.49. The topological polar surface area (TPSA) is 37.3 Å². The van der Waals surface area contributed by atoms with Crippen LogP contribution in [0.2, 0.25) is 0 Å². The van der Waals surface area contributed by atoms with Gasteiger partial charge in [0.25, 0.3) is 0 Å².